The first kappa shape index (κ1) is 10.8. The second-order valence-corrected chi connectivity index (χ2v) is 3.93. The molecule has 1 aromatic heterocycles. The fourth-order valence-electron chi connectivity index (χ4n) is 0.923. The number of hydrogen-bond acceptors (Lipinski definition) is 2. The van der Waals surface area contributed by atoms with Crippen LogP contribution in [0.25, 0.3) is 0 Å². The minimum atomic E-state index is -0.914. The SMILES string of the molecule is CC(NC(=O)c1ccc[nH]1)C(C)(C)O. The summed E-state index contributed by atoms with van der Waals surface area (Å²) in [5.41, 5.74) is -0.413. The van der Waals surface area contributed by atoms with Gasteiger partial charge in [-0.3, -0.25) is 4.79 Å². The van der Waals surface area contributed by atoms with Crippen molar-refractivity contribution in [2.24, 2.45) is 0 Å². The average molecular weight is 196 g/mol. The first-order chi connectivity index (χ1) is 6.41. The minimum absolute atomic E-state index is 0.204. The number of hydrogen-bond donors (Lipinski definition) is 3. The van der Waals surface area contributed by atoms with Gasteiger partial charge in [-0.25, -0.2) is 0 Å². The third kappa shape index (κ3) is 2.60. The molecular formula is C10H16N2O2. The summed E-state index contributed by atoms with van der Waals surface area (Å²) in [6.07, 6.45) is 1.68. The van der Waals surface area contributed by atoms with Crippen molar-refractivity contribution in [3.05, 3.63) is 24.0 Å². The predicted octanol–water partition coefficient (Wildman–Crippen LogP) is 0.904. The quantitative estimate of drug-likeness (QED) is 0.672. The van der Waals surface area contributed by atoms with Crippen LogP contribution in [0, 0.1) is 0 Å². The molecule has 4 nitrogen and oxygen atoms in total. The van der Waals surface area contributed by atoms with E-state index in [2.05, 4.69) is 10.3 Å². The van der Waals surface area contributed by atoms with Crippen molar-refractivity contribution in [2.45, 2.75) is 32.4 Å². The van der Waals surface area contributed by atoms with E-state index in [-0.39, 0.29) is 11.9 Å². The van der Waals surface area contributed by atoms with E-state index in [1.165, 1.54) is 0 Å². The molecule has 3 N–H and O–H groups in total. The van der Waals surface area contributed by atoms with E-state index in [1.807, 2.05) is 0 Å². The van der Waals surface area contributed by atoms with E-state index in [1.54, 1.807) is 39.1 Å². The van der Waals surface area contributed by atoms with Crippen LogP contribution >= 0.6 is 0 Å². The van der Waals surface area contributed by atoms with Gasteiger partial charge in [0.25, 0.3) is 5.91 Å². The van der Waals surface area contributed by atoms with Crippen molar-refractivity contribution in [1.29, 1.82) is 0 Å². The molecule has 4 heteroatoms. The van der Waals surface area contributed by atoms with Gasteiger partial charge in [-0.1, -0.05) is 0 Å². The molecule has 0 radical (unpaired) electrons. The van der Waals surface area contributed by atoms with Crippen LogP contribution in [-0.2, 0) is 0 Å². The Morgan fingerprint density at radius 2 is 2.29 bits per heavy atom. The van der Waals surface area contributed by atoms with Crippen LogP contribution in [0.4, 0.5) is 0 Å². The smallest absolute Gasteiger partial charge is 0.267 e. The fraction of sp³-hybridized carbons (Fsp3) is 0.500. The molecule has 1 heterocycles. The van der Waals surface area contributed by atoms with Gasteiger partial charge in [0.2, 0.25) is 0 Å². The van der Waals surface area contributed by atoms with E-state index < -0.39 is 5.60 Å². The summed E-state index contributed by atoms with van der Waals surface area (Å²) in [6.45, 7) is 5.08. The molecule has 1 atom stereocenters. The lowest BCUT2D eigenvalue weighted by molar-refractivity contribution is 0.0407. The summed E-state index contributed by atoms with van der Waals surface area (Å²) in [7, 11) is 0. The molecule has 0 bridgehead atoms. The predicted molar refractivity (Wildman–Crippen MR) is 54.0 cm³/mol. The Morgan fingerprint density at radius 3 is 2.71 bits per heavy atom. The number of rotatable bonds is 3. The van der Waals surface area contributed by atoms with Gasteiger partial charge >= 0.3 is 0 Å². The molecule has 0 aliphatic heterocycles. The highest BCUT2D eigenvalue weighted by atomic mass is 16.3. The molecule has 0 saturated carbocycles. The summed E-state index contributed by atoms with van der Waals surface area (Å²) in [4.78, 5) is 14.3. The molecule has 14 heavy (non-hydrogen) atoms. The maximum atomic E-state index is 11.5. The van der Waals surface area contributed by atoms with E-state index in [0.29, 0.717) is 5.69 Å². The summed E-state index contributed by atoms with van der Waals surface area (Å²) < 4.78 is 0. The Hall–Kier alpha value is -1.29. The molecule has 1 rings (SSSR count). The van der Waals surface area contributed by atoms with Gasteiger partial charge in [-0.05, 0) is 32.9 Å². The third-order valence-electron chi connectivity index (χ3n) is 2.25. The van der Waals surface area contributed by atoms with Gasteiger partial charge in [0.15, 0.2) is 0 Å². The highest BCUT2D eigenvalue weighted by Crippen LogP contribution is 2.08. The zero-order valence-electron chi connectivity index (χ0n) is 8.66. The van der Waals surface area contributed by atoms with Crippen LogP contribution in [0.3, 0.4) is 0 Å². The fourth-order valence-corrected chi connectivity index (χ4v) is 0.923. The van der Waals surface area contributed by atoms with Crippen LogP contribution in [0.5, 0.6) is 0 Å². The van der Waals surface area contributed by atoms with Gasteiger partial charge in [-0.2, -0.15) is 0 Å². The maximum absolute atomic E-state index is 11.5. The van der Waals surface area contributed by atoms with Crippen molar-refractivity contribution >= 4 is 5.91 Å². The average Bonchev–Trinajstić information content (AvgIpc) is 2.53. The first-order valence-corrected chi connectivity index (χ1v) is 4.58. The number of aromatic nitrogens is 1. The third-order valence-corrected chi connectivity index (χ3v) is 2.25. The summed E-state index contributed by atoms with van der Waals surface area (Å²) in [5.74, 6) is -0.204. The molecule has 78 valence electrons. The lowest BCUT2D eigenvalue weighted by Gasteiger charge is -2.26. The molecule has 0 aliphatic rings. The van der Waals surface area contributed by atoms with Crippen LogP contribution in [0.2, 0.25) is 0 Å². The summed E-state index contributed by atoms with van der Waals surface area (Å²) in [6, 6.07) is 3.15. The first-order valence-electron chi connectivity index (χ1n) is 4.58. The Morgan fingerprint density at radius 1 is 1.64 bits per heavy atom. The van der Waals surface area contributed by atoms with Crippen molar-refractivity contribution < 1.29 is 9.90 Å². The molecule has 0 aliphatic carbocycles. The lowest BCUT2D eigenvalue weighted by atomic mass is 10.0. The van der Waals surface area contributed by atoms with Crippen LogP contribution in [0.15, 0.2) is 18.3 Å². The number of H-pyrrole nitrogens is 1. The molecule has 1 amide bonds. The molecule has 1 unspecified atom stereocenters. The topological polar surface area (TPSA) is 65.1 Å². The van der Waals surface area contributed by atoms with Crippen molar-refractivity contribution in [3.63, 3.8) is 0 Å². The number of carbonyl (C=O) groups excluding carboxylic acids is 1. The molecular weight excluding hydrogens is 180 g/mol. The van der Waals surface area contributed by atoms with Gasteiger partial charge in [0.05, 0.1) is 11.6 Å². The highest BCUT2D eigenvalue weighted by molar-refractivity contribution is 5.92. The van der Waals surface area contributed by atoms with Crippen LogP contribution in [0.1, 0.15) is 31.3 Å². The normalized spacial score (nSPS) is 13.7. The monoisotopic (exact) mass is 196 g/mol. The Bertz CT molecular complexity index is 298. The van der Waals surface area contributed by atoms with Gasteiger partial charge in [0, 0.05) is 6.20 Å². The van der Waals surface area contributed by atoms with Gasteiger partial charge in [0.1, 0.15) is 5.69 Å². The van der Waals surface area contributed by atoms with Crippen LogP contribution in [-0.4, -0.2) is 27.6 Å². The Kier molecular flexibility index (Phi) is 2.96. The van der Waals surface area contributed by atoms with Gasteiger partial charge in [-0.15, -0.1) is 0 Å². The largest absolute Gasteiger partial charge is 0.388 e. The van der Waals surface area contributed by atoms with Crippen molar-refractivity contribution in [1.82, 2.24) is 10.3 Å². The van der Waals surface area contributed by atoms with Gasteiger partial charge < -0.3 is 15.4 Å². The Labute approximate surface area is 83.3 Å². The summed E-state index contributed by atoms with van der Waals surface area (Å²) >= 11 is 0. The lowest BCUT2D eigenvalue weighted by Crippen LogP contribution is -2.47. The molecule has 0 aromatic carbocycles. The maximum Gasteiger partial charge on any atom is 0.267 e. The molecule has 0 saturated heterocycles. The Balaban J connectivity index is 2.58. The second kappa shape index (κ2) is 3.84. The van der Waals surface area contributed by atoms with E-state index >= 15 is 0 Å². The highest BCUT2D eigenvalue weighted by Gasteiger charge is 2.24. The molecule has 1 aromatic rings. The number of aliphatic hydroxyl groups is 1. The molecule has 0 spiro atoms. The van der Waals surface area contributed by atoms with Crippen molar-refractivity contribution in [3.8, 4) is 0 Å². The van der Waals surface area contributed by atoms with E-state index in [9.17, 15) is 9.90 Å². The molecule has 0 fully saturated rings. The number of carbonyl (C=O) groups is 1. The minimum Gasteiger partial charge on any atom is -0.388 e. The number of nitrogens with one attached hydrogen (secondary N) is 2. The van der Waals surface area contributed by atoms with E-state index in [4.69, 9.17) is 0 Å². The standard InChI is InChI=1S/C10H16N2O2/c1-7(10(2,3)14)12-9(13)8-5-4-6-11-8/h4-7,11,14H,1-3H3,(H,12,13). The van der Waals surface area contributed by atoms with Crippen molar-refractivity contribution in [2.75, 3.05) is 0 Å². The summed E-state index contributed by atoms with van der Waals surface area (Å²) in [5, 5.41) is 12.3. The number of amides is 1. The zero-order valence-corrected chi connectivity index (χ0v) is 8.66. The van der Waals surface area contributed by atoms with E-state index in [0.717, 1.165) is 0 Å². The number of aromatic amines is 1. The zero-order chi connectivity index (χ0) is 10.8. The second-order valence-electron chi connectivity index (χ2n) is 3.93. The van der Waals surface area contributed by atoms with Crippen LogP contribution < -0.4 is 5.32 Å².